The van der Waals surface area contributed by atoms with Gasteiger partial charge in [0.2, 0.25) is 17.7 Å². The molecule has 0 fully saturated rings. The van der Waals surface area contributed by atoms with E-state index in [0.717, 1.165) is 19.3 Å². The Morgan fingerprint density at radius 1 is 0.968 bits per heavy atom. The highest BCUT2D eigenvalue weighted by Gasteiger charge is 2.27. The standard InChI is InChI=1S/C18H30N4O7S2/c1-29-15(24)5-4-14(23)20-10-11(19)16(25)21-12(6-8-30-2)17(26)22-13(18(27)28)7-9-31-3/h4-5,11-13H,6-10,19H2,1-3H3,(H,20,23)(H,21,25)(H,22,26)(H,27,28)/b5-4+. The van der Waals surface area contributed by atoms with Crippen LogP contribution in [0.4, 0.5) is 0 Å². The fourth-order valence-corrected chi connectivity index (χ4v) is 3.07. The summed E-state index contributed by atoms with van der Waals surface area (Å²) in [5, 5.41) is 16.6. The molecule has 0 radical (unpaired) electrons. The van der Waals surface area contributed by atoms with Gasteiger partial charge in [-0.3, -0.25) is 14.4 Å². The van der Waals surface area contributed by atoms with Gasteiger partial charge in [-0.1, -0.05) is 0 Å². The highest BCUT2D eigenvalue weighted by Crippen LogP contribution is 2.05. The van der Waals surface area contributed by atoms with E-state index < -0.39 is 47.8 Å². The van der Waals surface area contributed by atoms with Gasteiger partial charge in [0.25, 0.3) is 0 Å². The lowest BCUT2D eigenvalue weighted by atomic mass is 10.1. The van der Waals surface area contributed by atoms with Crippen LogP contribution in [0, 0.1) is 0 Å². The van der Waals surface area contributed by atoms with E-state index in [-0.39, 0.29) is 19.4 Å². The van der Waals surface area contributed by atoms with Crippen molar-refractivity contribution in [2.45, 2.75) is 31.0 Å². The maximum Gasteiger partial charge on any atom is 0.330 e. The number of thioether (sulfide) groups is 2. The second-order valence-corrected chi connectivity index (χ2v) is 8.20. The third-order valence-electron chi connectivity index (χ3n) is 3.87. The Morgan fingerprint density at radius 3 is 2.03 bits per heavy atom. The van der Waals surface area contributed by atoms with Crippen molar-refractivity contribution < 1.29 is 33.8 Å². The van der Waals surface area contributed by atoms with Gasteiger partial charge in [-0.15, -0.1) is 0 Å². The Hall–Kier alpha value is -2.25. The van der Waals surface area contributed by atoms with Crippen LogP contribution in [0.2, 0.25) is 0 Å². The summed E-state index contributed by atoms with van der Waals surface area (Å²) in [6.07, 6.45) is 6.03. The van der Waals surface area contributed by atoms with Crippen LogP contribution < -0.4 is 21.7 Å². The first kappa shape index (κ1) is 28.8. The molecule has 0 saturated heterocycles. The van der Waals surface area contributed by atoms with Crippen LogP contribution >= 0.6 is 23.5 Å². The number of carbonyl (C=O) groups excluding carboxylic acids is 4. The van der Waals surface area contributed by atoms with Gasteiger partial charge in [-0.2, -0.15) is 23.5 Å². The zero-order valence-electron chi connectivity index (χ0n) is 17.7. The Kier molecular flexibility index (Phi) is 15.3. The number of carboxylic acid groups (broad SMARTS) is 1. The van der Waals surface area contributed by atoms with E-state index in [1.54, 1.807) is 0 Å². The quantitative estimate of drug-likeness (QED) is 0.141. The Labute approximate surface area is 189 Å². The van der Waals surface area contributed by atoms with Crippen LogP contribution in [0.15, 0.2) is 12.2 Å². The second-order valence-electron chi connectivity index (χ2n) is 6.23. The van der Waals surface area contributed by atoms with Gasteiger partial charge in [-0.25, -0.2) is 9.59 Å². The van der Waals surface area contributed by atoms with Gasteiger partial charge in [0.1, 0.15) is 18.1 Å². The molecule has 3 unspecified atom stereocenters. The number of amides is 3. The molecule has 6 N–H and O–H groups in total. The summed E-state index contributed by atoms with van der Waals surface area (Å²) in [5.74, 6) is -2.72. The summed E-state index contributed by atoms with van der Waals surface area (Å²) in [6.45, 7) is -0.238. The molecule has 11 nitrogen and oxygen atoms in total. The molecule has 3 atom stereocenters. The van der Waals surface area contributed by atoms with E-state index in [4.69, 9.17) is 5.73 Å². The molecule has 0 aromatic rings. The van der Waals surface area contributed by atoms with Crippen molar-refractivity contribution in [2.24, 2.45) is 5.73 Å². The number of carbonyl (C=O) groups is 5. The number of hydrogen-bond acceptors (Lipinski definition) is 9. The summed E-state index contributed by atoms with van der Waals surface area (Å²) in [5.41, 5.74) is 5.76. The topological polar surface area (TPSA) is 177 Å². The number of esters is 1. The molecular formula is C18H30N4O7S2. The first-order chi connectivity index (χ1) is 14.7. The average molecular weight is 479 g/mol. The van der Waals surface area contributed by atoms with Crippen molar-refractivity contribution >= 4 is 53.2 Å². The molecule has 0 aromatic carbocycles. The molecular weight excluding hydrogens is 448 g/mol. The van der Waals surface area contributed by atoms with Crippen molar-refractivity contribution in [3.8, 4) is 0 Å². The number of ether oxygens (including phenoxy) is 1. The number of nitrogens with two attached hydrogens (primary N) is 1. The molecule has 3 amide bonds. The maximum absolute atomic E-state index is 12.6. The van der Waals surface area contributed by atoms with Gasteiger partial charge in [0.15, 0.2) is 0 Å². The fourth-order valence-electron chi connectivity index (χ4n) is 2.12. The van der Waals surface area contributed by atoms with Crippen LogP contribution in [0.5, 0.6) is 0 Å². The number of nitrogens with one attached hydrogen (secondary N) is 3. The van der Waals surface area contributed by atoms with Gasteiger partial charge in [0.05, 0.1) is 7.11 Å². The second kappa shape index (κ2) is 16.4. The lowest BCUT2D eigenvalue weighted by Crippen LogP contribution is -2.56. The number of aliphatic carboxylic acids is 1. The molecule has 31 heavy (non-hydrogen) atoms. The Bertz CT molecular complexity index is 661. The first-order valence-corrected chi connectivity index (χ1v) is 12.1. The van der Waals surface area contributed by atoms with Crippen molar-refractivity contribution in [1.29, 1.82) is 0 Å². The van der Waals surface area contributed by atoms with E-state index in [1.165, 1.54) is 23.5 Å². The first-order valence-electron chi connectivity index (χ1n) is 9.27. The van der Waals surface area contributed by atoms with Crippen LogP contribution in [-0.2, 0) is 28.7 Å². The molecule has 0 aliphatic rings. The lowest BCUT2D eigenvalue weighted by Gasteiger charge is -2.22. The molecule has 0 aromatic heterocycles. The van der Waals surface area contributed by atoms with Crippen molar-refractivity contribution in [2.75, 3.05) is 37.7 Å². The van der Waals surface area contributed by atoms with Crippen LogP contribution in [-0.4, -0.2) is 90.6 Å². The van der Waals surface area contributed by atoms with Crippen LogP contribution in [0.3, 0.4) is 0 Å². The molecule has 0 bridgehead atoms. The smallest absolute Gasteiger partial charge is 0.330 e. The minimum absolute atomic E-state index is 0.238. The minimum atomic E-state index is -1.16. The summed E-state index contributed by atoms with van der Waals surface area (Å²) in [7, 11) is 1.16. The third kappa shape index (κ3) is 12.9. The van der Waals surface area contributed by atoms with Crippen molar-refractivity contribution in [1.82, 2.24) is 16.0 Å². The van der Waals surface area contributed by atoms with E-state index in [9.17, 15) is 29.1 Å². The predicted molar refractivity (Wildman–Crippen MR) is 120 cm³/mol. The van der Waals surface area contributed by atoms with Crippen molar-refractivity contribution in [3.05, 3.63) is 12.2 Å². The summed E-state index contributed by atoms with van der Waals surface area (Å²) in [6, 6.07) is -3.20. The van der Waals surface area contributed by atoms with Crippen LogP contribution in [0.25, 0.3) is 0 Å². The highest BCUT2D eigenvalue weighted by molar-refractivity contribution is 7.98. The summed E-state index contributed by atoms with van der Waals surface area (Å²) >= 11 is 2.92. The van der Waals surface area contributed by atoms with E-state index in [2.05, 4.69) is 20.7 Å². The SMILES string of the molecule is COC(=O)/C=C/C(=O)NCC(N)C(=O)NC(CCSC)C(=O)NC(CCSC)C(=O)O. The summed E-state index contributed by atoms with van der Waals surface area (Å²) < 4.78 is 4.35. The van der Waals surface area contributed by atoms with E-state index in [0.29, 0.717) is 11.5 Å². The molecule has 0 aliphatic carbocycles. The van der Waals surface area contributed by atoms with Gasteiger partial charge in [0, 0.05) is 18.7 Å². The highest BCUT2D eigenvalue weighted by atomic mass is 32.2. The zero-order chi connectivity index (χ0) is 23.8. The number of carboxylic acids is 1. The fraction of sp³-hybridized carbons (Fsp3) is 0.611. The molecule has 0 heterocycles. The average Bonchev–Trinajstić information content (AvgIpc) is 2.75. The van der Waals surface area contributed by atoms with Crippen molar-refractivity contribution in [3.63, 3.8) is 0 Å². The predicted octanol–water partition coefficient (Wildman–Crippen LogP) is -1.28. The maximum atomic E-state index is 12.6. The molecule has 0 aliphatic heterocycles. The molecule has 0 saturated carbocycles. The van der Waals surface area contributed by atoms with Gasteiger partial charge >= 0.3 is 11.9 Å². The normalized spacial score (nSPS) is 13.7. The number of hydrogen-bond donors (Lipinski definition) is 5. The Morgan fingerprint density at radius 2 is 1.52 bits per heavy atom. The summed E-state index contributed by atoms with van der Waals surface area (Å²) in [4.78, 5) is 58.8. The van der Waals surface area contributed by atoms with Gasteiger partial charge < -0.3 is 31.5 Å². The number of rotatable bonds is 15. The molecule has 0 spiro atoms. The lowest BCUT2D eigenvalue weighted by molar-refractivity contribution is -0.142. The monoisotopic (exact) mass is 478 g/mol. The van der Waals surface area contributed by atoms with Gasteiger partial charge in [-0.05, 0) is 36.9 Å². The zero-order valence-corrected chi connectivity index (χ0v) is 19.3. The largest absolute Gasteiger partial charge is 0.480 e. The van der Waals surface area contributed by atoms with Crippen LogP contribution in [0.1, 0.15) is 12.8 Å². The molecule has 13 heteroatoms. The minimum Gasteiger partial charge on any atom is -0.480 e. The Balaban J connectivity index is 4.89. The number of methoxy groups -OCH3 is 1. The molecule has 0 rings (SSSR count). The van der Waals surface area contributed by atoms with E-state index >= 15 is 0 Å². The van der Waals surface area contributed by atoms with E-state index in [1.807, 2.05) is 12.5 Å². The molecule has 176 valence electrons. The third-order valence-corrected chi connectivity index (χ3v) is 5.16.